The summed E-state index contributed by atoms with van der Waals surface area (Å²) in [4.78, 5) is 18.3. The molecule has 2 aromatic carbocycles. The van der Waals surface area contributed by atoms with Gasteiger partial charge in [-0.3, -0.25) is 0 Å². The van der Waals surface area contributed by atoms with Crippen molar-refractivity contribution >= 4 is 51.4 Å². The van der Waals surface area contributed by atoms with E-state index < -0.39 is 5.97 Å². The molecule has 0 radical (unpaired) electrons. The van der Waals surface area contributed by atoms with E-state index in [1.54, 1.807) is 24.3 Å². The molecule has 0 aliphatic rings. The van der Waals surface area contributed by atoms with E-state index in [0.717, 1.165) is 21.3 Å². The fourth-order valence-corrected chi connectivity index (χ4v) is 3.88. The Kier molecular flexibility index (Phi) is 5.12. The van der Waals surface area contributed by atoms with Gasteiger partial charge in [0.25, 0.3) is 0 Å². The van der Waals surface area contributed by atoms with Crippen molar-refractivity contribution in [2.45, 2.75) is 6.61 Å². The minimum atomic E-state index is -0.395. The number of nitrogens with zero attached hydrogens (tertiary/aromatic N) is 1. The van der Waals surface area contributed by atoms with E-state index in [1.165, 1.54) is 11.3 Å². The van der Waals surface area contributed by atoms with Crippen molar-refractivity contribution in [1.29, 1.82) is 0 Å². The van der Waals surface area contributed by atoms with Gasteiger partial charge in [0.15, 0.2) is 0 Å². The third kappa shape index (κ3) is 3.98. The minimum absolute atomic E-state index is 0.184. The fraction of sp³-hybridized carbons (Fsp3) is 0.0476. The Hall–Kier alpha value is -2.40. The SMILES string of the molecule is O=C(OCc1ccc(Cl)s1)c1cc(-c2ccc(Cl)cc2)nc2ccccc12. The van der Waals surface area contributed by atoms with Crippen LogP contribution >= 0.6 is 34.5 Å². The molecule has 0 spiro atoms. The highest BCUT2D eigenvalue weighted by atomic mass is 35.5. The van der Waals surface area contributed by atoms with E-state index >= 15 is 0 Å². The van der Waals surface area contributed by atoms with Gasteiger partial charge in [0.2, 0.25) is 0 Å². The molecule has 0 saturated heterocycles. The van der Waals surface area contributed by atoms with Gasteiger partial charge in [0, 0.05) is 20.8 Å². The van der Waals surface area contributed by atoms with Gasteiger partial charge in [-0.1, -0.05) is 53.5 Å². The molecule has 0 aliphatic carbocycles. The Morgan fingerprint density at radius 3 is 2.52 bits per heavy atom. The highest BCUT2D eigenvalue weighted by Gasteiger charge is 2.15. The zero-order chi connectivity index (χ0) is 18.8. The first kappa shape index (κ1) is 18.0. The molecule has 4 aromatic rings. The first-order valence-corrected chi connectivity index (χ1v) is 9.74. The van der Waals surface area contributed by atoms with E-state index in [-0.39, 0.29) is 6.61 Å². The Morgan fingerprint density at radius 2 is 1.78 bits per heavy atom. The van der Waals surface area contributed by atoms with E-state index in [2.05, 4.69) is 4.98 Å². The number of carbonyl (C=O) groups excluding carboxylic acids is 1. The van der Waals surface area contributed by atoms with Crippen molar-refractivity contribution in [3.8, 4) is 11.3 Å². The number of para-hydroxylation sites is 1. The monoisotopic (exact) mass is 413 g/mol. The molecule has 0 aliphatic heterocycles. The van der Waals surface area contributed by atoms with Crippen molar-refractivity contribution in [3.05, 3.63) is 86.5 Å². The van der Waals surface area contributed by atoms with Crippen LogP contribution in [0.4, 0.5) is 0 Å². The van der Waals surface area contributed by atoms with Gasteiger partial charge >= 0.3 is 5.97 Å². The third-order valence-electron chi connectivity index (χ3n) is 4.05. The van der Waals surface area contributed by atoms with Crippen LogP contribution in [0.1, 0.15) is 15.2 Å². The van der Waals surface area contributed by atoms with Crippen LogP contribution in [0.15, 0.2) is 66.7 Å². The van der Waals surface area contributed by atoms with E-state index in [4.69, 9.17) is 27.9 Å². The average Bonchev–Trinajstić information content (AvgIpc) is 3.11. The maximum absolute atomic E-state index is 12.8. The molecule has 134 valence electrons. The maximum atomic E-state index is 12.8. The second-order valence-electron chi connectivity index (χ2n) is 5.86. The van der Waals surface area contributed by atoms with Gasteiger partial charge in [-0.2, -0.15) is 0 Å². The standard InChI is InChI=1S/C21H13Cl2NO2S/c22-14-7-5-13(6-8-14)19-11-17(16-3-1-2-4-18(16)24-19)21(25)26-12-15-9-10-20(23)27-15/h1-11H,12H2. The summed E-state index contributed by atoms with van der Waals surface area (Å²) >= 11 is 13.3. The lowest BCUT2D eigenvalue weighted by molar-refractivity contribution is 0.0479. The van der Waals surface area contributed by atoms with Crippen LogP contribution in [0.5, 0.6) is 0 Å². The van der Waals surface area contributed by atoms with Crippen LogP contribution in [0.3, 0.4) is 0 Å². The van der Waals surface area contributed by atoms with Crippen LogP contribution in [0.2, 0.25) is 9.36 Å². The molecule has 0 bridgehead atoms. The number of carbonyl (C=O) groups is 1. The Balaban J connectivity index is 1.71. The number of hydrogen-bond acceptors (Lipinski definition) is 4. The summed E-state index contributed by atoms with van der Waals surface area (Å²) < 4.78 is 6.18. The van der Waals surface area contributed by atoms with Crippen molar-refractivity contribution in [1.82, 2.24) is 4.98 Å². The predicted octanol–water partition coefficient (Wildman–Crippen LogP) is 6.63. The molecular formula is C21H13Cl2NO2S. The number of hydrogen-bond donors (Lipinski definition) is 0. The predicted molar refractivity (Wildman–Crippen MR) is 111 cm³/mol. The van der Waals surface area contributed by atoms with Gasteiger partial charge in [-0.25, -0.2) is 9.78 Å². The molecule has 0 N–H and O–H groups in total. The number of halogens is 2. The molecular weight excluding hydrogens is 401 g/mol. The largest absolute Gasteiger partial charge is 0.456 e. The van der Waals surface area contributed by atoms with Gasteiger partial charge in [-0.05, 0) is 36.4 Å². The lowest BCUT2D eigenvalue weighted by Gasteiger charge is -2.10. The lowest BCUT2D eigenvalue weighted by Crippen LogP contribution is -2.06. The van der Waals surface area contributed by atoms with Gasteiger partial charge in [-0.15, -0.1) is 11.3 Å². The van der Waals surface area contributed by atoms with Gasteiger partial charge in [0.1, 0.15) is 6.61 Å². The third-order valence-corrected chi connectivity index (χ3v) is 5.51. The number of pyridine rings is 1. The molecule has 4 rings (SSSR count). The second kappa shape index (κ2) is 7.69. The smallest absolute Gasteiger partial charge is 0.339 e. The van der Waals surface area contributed by atoms with E-state index in [9.17, 15) is 4.79 Å². The maximum Gasteiger partial charge on any atom is 0.339 e. The van der Waals surface area contributed by atoms with Crippen LogP contribution in [-0.4, -0.2) is 11.0 Å². The lowest BCUT2D eigenvalue weighted by atomic mass is 10.0. The number of ether oxygens (including phenoxy) is 1. The van der Waals surface area contributed by atoms with Crippen LogP contribution in [0, 0.1) is 0 Å². The number of thiophene rings is 1. The Labute approximate surface area is 170 Å². The van der Waals surface area contributed by atoms with Crippen molar-refractivity contribution in [2.24, 2.45) is 0 Å². The summed E-state index contributed by atoms with van der Waals surface area (Å²) in [6.07, 6.45) is 0. The normalized spacial score (nSPS) is 10.9. The summed E-state index contributed by atoms with van der Waals surface area (Å²) in [6.45, 7) is 0.184. The zero-order valence-corrected chi connectivity index (χ0v) is 16.3. The van der Waals surface area contributed by atoms with Crippen molar-refractivity contribution < 1.29 is 9.53 Å². The topological polar surface area (TPSA) is 39.2 Å². The molecule has 0 saturated carbocycles. The molecule has 6 heteroatoms. The number of aromatic nitrogens is 1. The summed E-state index contributed by atoms with van der Waals surface area (Å²) in [6, 6.07) is 20.3. The summed E-state index contributed by atoms with van der Waals surface area (Å²) in [5.74, 6) is -0.395. The minimum Gasteiger partial charge on any atom is -0.456 e. The van der Waals surface area contributed by atoms with Gasteiger partial charge < -0.3 is 4.74 Å². The Bertz CT molecular complexity index is 1120. The highest BCUT2D eigenvalue weighted by Crippen LogP contribution is 2.27. The molecule has 0 unspecified atom stereocenters. The van der Waals surface area contributed by atoms with Crippen molar-refractivity contribution in [3.63, 3.8) is 0 Å². The summed E-state index contributed by atoms with van der Waals surface area (Å²) in [5, 5.41) is 1.40. The Morgan fingerprint density at radius 1 is 1.00 bits per heavy atom. The quantitative estimate of drug-likeness (QED) is 0.352. The van der Waals surface area contributed by atoms with E-state index in [0.29, 0.717) is 20.6 Å². The first-order valence-electron chi connectivity index (χ1n) is 8.17. The second-order valence-corrected chi connectivity index (χ2v) is 8.10. The molecule has 2 heterocycles. The van der Waals surface area contributed by atoms with Crippen LogP contribution in [0.25, 0.3) is 22.2 Å². The van der Waals surface area contributed by atoms with Crippen LogP contribution in [-0.2, 0) is 11.3 Å². The number of benzene rings is 2. The molecule has 27 heavy (non-hydrogen) atoms. The fourth-order valence-electron chi connectivity index (χ4n) is 2.76. The number of fused-ring (bicyclic) bond motifs is 1. The average molecular weight is 414 g/mol. The molecule has 0 amide bonds. The molecule has 0 atom stereocenters. The summed E-state index contributed by atoms with van der Waals surface area (Å²) in [5.41, 5.74) is 2.78. The molecule has 2 aromatic heterocycles. The van der Waals surface area contributed by atoms with Gasteiger partial charge in [0.05, 0.1) is 21.1 Å². The summed E-state index contributed by atoms with van der Waals surface area (Å²) in [7, 11) is 0. The highest BCUT2D eigenvalue weighted by molar-refractivity contribution is 7.16. The van der Waals surface area contributed by atoms with Crippen molar-refractivity contribution in [2.75, 3.05) is 0 Å². The zero-order valence-electron chi connectivity index (χ0n) is 14.0. The first-order chi connectivity index (χ1) is 13.1. The van der Waals surface area contributed by atoms with Crippen LogP contribution < -0.4 is 0 Å². The molecule has 0 fully saturated rings. The van der Waals surface area contributed by atoms with E-state index in [1.807, 2.05) is 42.5 Å². The number of rotatable bonds is 4. The number of esters is 1. The molecule has 3 nitrogen and oxygen atoms in total.